The number of rotatable bonds is 0. The third kappa shape index (κ3) is 1.89. The van der Waals surface area contributed by atoms with E-state index >= 15 is 0 Å². The van der Waals surface area contributed by atoms with Gasteiger partial charge in [0.1, 0.15) is 0 Å². The van der Waals surface area contributed by atoms with Gasteiger partial charge < -0.3 is 5.11 Å². The summed E-state index contributed by atoms with van der Waals surface area (Å²) in [7, 11) is 0. The Morgan fingerprint density at radius 3 is 2.67 bits per heavy atom. The minimum Gasteiger partial charge on any atom is -0.393 e. The third-order valence-electron chi connectivity index (χ3n) is 3.19. The van der Waals surface area contributed by atoms with E-state index in [9.17, 15) is 5.11 Å². The topological polar surface area (TPSA) is 20.2 Å². The van der Waals surface area contributed by atoms with Gasteiger partial charge in [0.15, 0.2) is 0 Å². The normalized spacial score (nSPS) is 36.2. The Labute approximate surface area is 75.5 Å². The molecule has 0 aromatic heterocycles. The molecule has 0 bridgehead atoms. The van der Waals surface area contributed by atoms with Crippen LogP contribution in [0.2, 0.25) is 0 Å². The molecule has 1 fully saturated rings. The standard InChI is InChI=1S/C11H20O/c1-8-7-11(3,4)9(2)5-6-10(8)12/h8,10,12H,2,5-7H2,1,3-4H3. The molecule has 0 aromatic rings. The molecule has 70 valence electrons. The first-order valence-corrected chi connectivity index (χ1v) is 4.80. The lowest BCUT2D eigenvalue weighted by molar-refractivity contribution is 0.100. The molecule has 0 aliphatic heterocycles. The summed E-state index contributed by atoms with van der Waals surface area (Å²) in [5.74, 6) is 0.416. The molecule has 0 heterocycles. The molecule has 0 aromatic carbocycles. The van der Waals surface area contributed by atoms with Crippen LogP contribution in [0.15, 0.2) is 12.2 Å². The predicted molar refractivity (Wildman–Crippen MR) is 51.9 cm³/mol. The lowest BCUT2D eigenvalue weighted by atomic mass is 9.78. The van der Waals surface area contributed by atoms with Gasteiger partial charge in [-0.25, -0.2) is 0 Å². The maximum atomic E-state index is 9.67. The maximum Gasteiger partial charge on any atom is 0.0569 e. The van der Waals surface area contributed by atoms with Crippen molar-refractivity contribution >= 4 is 0 Å². The van der Waals surface area contributed by atoms with E-state index < -0.39 is 0 Å². The van der Waals surface area contributed by atoms with Crippen molar-refractivity contribution in [3.8, 4) is 0 Å². The van der Waals surface area contributed by atoms with Gasteiger partial charge in [0.25, 0.3) is 0 Å². The predicted octanol–water partition coefficient (Wildman–Crippen LogP) is 2.75. The monoisotopic (exact) mass is 168 g/mol. The number of hydrogen-bond acceptors (Lipinski definition) is 1. The molecular formula is C11H20O. The van der Waals surface area contributed by atoms with Gasteiger partial charge in [-0.2, -0.15) is 0 Å². The van der Waals surface area contributed by atoms with Gasteiger partial charge in [0.2, 0.25) is 0 Å². The molecule has 1 saturated carbocycles. The Hall–Kier alpha value is -0.300. The minimum atomic E-state index is -0.122. The smallest absolute Gasteiger partial charge is 0.0569 e. The van der Waals surface area contributed by atoms with E-state index in [1.165, 1.54) is 5.57 Å². The van der Waals surface area contributed by atoms with Crippen molar-refractivity contribution in [3.63, 3.8) is 0 Å². The number of allylic oxidation sites excluding steroid dienone is 1. The summed E-state index contributed by atoms with van der Waals surface area (Å²) in [6.45, 7) is 10.7. The SMILES string of the molecule is C=C1CCC(O)C(C)CC1(C)C. The van der Waals surface area contributed by atoms with E-state index in [0.717, 1.165) is 19.3 Å². The number of aliphatic hydroxyl groups excluding tert-OH is 1. The molecule has 12 heavy (non-hydrogen) atoms. The lowest BCUT2D eigenvalue weighted by Crippen LogP contribution is -2.20. The van der Waals surface area contributed by atoms with Crippen molar-refractivity contribution in [1.82, 2.24) is 0 Å². The van der Waals surface area contributed by atoms with Gasteiger partial charge >= 0.3 is 0 Å². The fourth-order valence-electron chi connectivity index (χ4n) is 2.03. The fourth-order valence-corrected chi connectivity index (χ4v) is 2.03. The molecule has 0 radical (unpaired) electrons. The zero-order valence-electron chi connectivity index (χ0n) is 8.43. The summed E-state index contributed by atoms with van der Waals surface area (Å²) in [6, 6.07) is 0. The molecule has 1 aliphatic rings. The summed E-state index contributed by atoms with van der Waals surface area (Å²) in [5.41, 5.74) is 1.52. The van der Waals surface area contributed by atoms with Crippen LogP contribution in [0.3, 0.4) is 0 Å². The Balaban J connectivity index is 2.75. The van der Waals surface area contributed by atoms with Gasteiger partial charge in [-0.05, 0) is 30.6 Å². The highest BCUT2D eigenvalue weighted by atomic mass is 16.3. The van der Waals surface area contributed by atoms with E-state index in [2.05, 4.69) is 27.4 Å². The van der Waals surface area contributed by atoms with E-state index in [-0.39, 0.29) is 11.5 Å². The highest BCUT2D eigenvalue weighted by Gasteiger charge is 2.30. The first kappa shape index (κ1) is 9.79. The second-order valence-electron chi connectivity index (χ2n) is 4.77. The molecule has 0 amide bonds. The van der Waals surface area contributed by atoms with Crippen molar-refractivity contribution in [1.29, 1.82) is 0 Å². The van der Waals surface area contributed by atoms with Crippen molar-refractivity contribution < 1.29 is 5.11 Å². The second-order valence-corrected chi connectivity index (χ2v) is 4.77. The molecule has 0 saturated heterocycles. The van der Waals surface area contributed by atoms with Gasteiger partial charge in [-0.15, -0.1) is 0 Å². The van der Waals surface area contributed by atoms with Crippen LogP contribution in [-0.2, 0) is 0 Å². The van der Waals surface area contributed by atoms with Crippen LogP contribution < -0.4 is 0 Å². The molecule has 1 rings (SSSR count). The molecule has 0 spiro atoms. The molecule has 1 nitrogen and oxygen atoms in total. The minimum absolute atomic E-state index is 0.122. The molecular weight excluding hydrogens is 148 g/mol. The summed E-state index contributed by atoms with van der Waals surface area (Å²) >= 11 is 0. The Morgan fingerprint density at radius 2 is 2.08 bits per heavy atom. The fraction of sp³-hybridized carbons (Fsp3) is 0.818. The maximum absolute atomic E-state index is 9.67. The quantitative estimate of drug-likeness (QED) is 0.435. The van der Waals surface area contributed by atoms with E-state index in [4.69, 9.17) is 0 Å². The van der Waals surface area contributed by atoms with Crippen LogP contribution in [0.1, 0.15) is 40.0 Å². The second kappa shape index (κ2) is 3.21. The summed E-state index contributed by atoms with van der Waals surface area (Å²) in [4.78, 5) is 0. The van der Waals surface area contributed by atoms with Crippen molar-refractivity contribution in [2.24, 2.45) is 11.3 Å². The summed E-state index contributed by atoms with van der Waals surface area (Å²) in [6.07, 6.45) is 2.82. The highest BCUT2D eigenvalue weighted by molar-refractivity contribution is 5.09. The van der Waals surface area contributed by atoms with Gasteiger partial charge in [0, 0.05) is 0 Å². The molecule has 2 atom stereocenters. The average Bonchev–Trinajstić information content (AvgIpc) is 2.03. The van der Waals surface area contributed by atoms with Gasteiger partial charge in [-0.1, -0.05) is 32.9 Å². The van der Waals surface area contributed by atoms with E-state index in [1.54, 1.807) is 0 Å². The molecule has 1 aliphatic carbocycles. The molecule has 1 N–H and O–H groups in total. The van der Waals surface area contributed by atoms with Crippen LogP contribution in [-0.4, -0.2) is 11.2 Å². The zero-order chi connectivity index (χ0) is 9.35. The van der Waals surface area contributed by atoms with Crippen molar-refractivity contribution in [3.05, 3.63) is 12.2 Å². The van der Waals surface area contributed by atoms with Crippen LogP contribution >= 0.6 is 0 Å². The number of hydrogen-bond donors (Lipinski definition) is 1. The average molecular weight is 168 g/mol. The van der Waals surface area contributed by atoms with Crippen LogP contribution in [0.5, 0.6) is 0 Å². The molecule has 2 unspecified atom stereocenters. The highest BCUT2D eigenvalue weighted by Crippen LogP contribution is 2.39. The largest absolute Gasteiger partial charge is 0.393 e. The third-order valence-corrected chi connectivity index (χ3v) is 3.19. The van der Waals surface area contributed by atoms with Crippen molar-refractivity contribution in [2.75, 3.05) is 0 Å². The Bertz CT molecular complexity index is 181. The van der Waals surface area contributed by atoms with Gasteiger partial charge in [0.05, 0.1) is 6.10 Å². The van der Waals surface area contributed by atoms with Gasteiger partial charge in [-0.3, -0.25) is 0 Å². The first-order valence-electron chi connectivity index (χ1n) is 4.80. The van der Waals surface area contributed by atoms with Crippen LogP contribution in [0.4, 0.5) is 0 Å². The lowest BCUT2D eigenvalue weighted by Gasteiger charge is -2.27. The van der Waals surface area contributed by atoms with Crippen LogP contribution in [0.25, 0.3) is 0 Å². The number of aliphatic hydroxyl groups is 1. The van der Waals surface area contributed by atoms with Crippen molar-refractivity contribution in [2.45, 2.75) is 46.1 Å². The zero-order valence-corrected chi connectivity index (χ0v) is 8.43. The summed E-state index contributed by atoms with van der Waals surface area (Å²) < 4.78 is 0. The summed E-state index contributed by atoms with van der Waals surface area (Å²) in [5, 5.41) is 9.67. The first-order chi connectivity index (χ1) is 5.43. The van der Waals surface area contributed by atoms with E-state index in [1.807, 2.05) is 0 Å². The Morgan fingerprint density at radius 1 is 1.50 bits per heavy atom. The van der Waals surface area contributed by atoms with Crippen LogP contribution in [0, 0.1) is 11.3 Å². The van der Waals surface area contributed by atoms with E-state index in [0.29, 0.717) is 5.92 Å². The molecule has 1 heteroatoms. The Kier molecular flexibility index (Phi) is 2.62.